The fraction of sp³-hybridized carbons (Fsp3) is 0.412. The van der Waals surface area contributed by atoms with Crippen molar-refractivity contribution in [3.05, 3.63) is 40.9 Å². The Morgan fingerprint density at radius 1 is 1.10 bits per heavy atom. The fourth-order valence-corrected chi connectivity index (χ4v) is 2.37. The number of ether oxygens (including phenoxy) is 1. The second-order valence-electron chi connectivity index (χ2n) is 6.21. The summed E-state index contributed by atoms with van der Waals surface area (Å²) in [4.78, 5) is 0. The average Bonchev–Trinajstić information content (AvgIpc) is 2.36. The summed E-state index contributed by atoms with van der Waals surface area (Å²) in [6.45, 7) is 9.40. The first-order valence-electron chi connectivity index (χ1n) is 6.94. The van der Waals surface area contributed by atoms with Crippen LogP contribution in [0.4, 0.5) is 0 Å². The van der Waals surface area contributed by atoms with Gasteiger partial charge in [0.1, 0.15) is 11.9 Å². The molecule has 1 N–H and O–H groups in total. The molecule has 0 amide bonds. The predicted octanol–water partition coefficient (Wildman–Crippen LogP) is 4.76. The van der Waals surface area contributed by atoms with Gasteiger partial charge in [-0.1, -0.05) is 28.1 Å². The predicted molar refractivity (Wildman–Crippen MR) is 89.5 cm³/mol. The van der Waals surface area contributed by atoms with Crippen LogP contribution in [0.5, 0.6) is 5.75 Å². The molecule has 1 unspecified atom stereocenters. The van der Waals surface area contributed by atoms with Crippen LogP contribution in [-0.2, 0) is 0 Å². The smallest absolute Gasteiger partial charge is 0.120 e. The summed E-state index contributed by atoms with van der Waals surface area (Å²) >= 11 is 3.49. The molecule has 0 heterocycles. The minimum absolute atomic E-state index is 0.118. The molecule has 0 aliphatic heterocycles. The average molecular weight is 336 g/mol. The molecular weight excluding hydrogens is 314 g/mol. The number of benzene rings is 2. The second kappa shape index (κ2) is 6.15. The lowest BCUT2D eigenvalue weighted by Crippen LogP contribution is -2.41. The van der Waals surface area contributed by atoms with E-state index >= 15 is 0 Å². The van der Waals surface area contributed by atoms with Crippen molar-refractivity contribution >= 4 is 26.7 Å². The fourth-order valence-electron chi connectivity index (χ4n) is 1.99. The van der Waals surface area contributed by atoms with Crippen LogP contribution in [0, 0.1) is 0 Å². The molecule has 0 aliphatic rings. The van der Waals surface area contributed by atoms with E-state index in [0.29, 0.717) is 0 Å². The quantitative estimate of drug-likeness (QED) is 0.869. The van der Waals surface area contributed by atoms with Gasteiger partial charge >= 0.3 is 0 Å². The lowest BCUT2D eigenvalue weighted by Gasteiger charge is -2.24. The molecule has 0 aliphatic carbocycles. The van der Waals surface area contributed by atoms with E-state index < -0.39 is 0 Å². The highest BCUT2D eigenvalue weighted by molar-refractivity contribution is 9.10. The first-order chi connectivity index (χ1) is 9.33. The van der Waals surface area contributed by atoms with Gasteiger partial charge in [-0.15, -0.1) is 0 Å². The monoisotopic (exact) mass is 335 g/mol. The molecule has 2 aromatic rings. The molecule has 3 heteroatoms. The Labute approximate surface area is 129 Å². The van der Waals surface area contributed by atoms with Gasteiger partial charge in [0.15, 0.2) is 0 Å². The Morgan fingerprint density at radius 2 is 1.75 bits per heavy atom. The van der Waals surface area contributed by atoms with Crippen LogP contribution in [0.1, 0.15) is 27.7 Å². The zero-order valence-corrected chi connectivity index (χ0v) is 14.1. The highest BCUT2D eigenvalue weighted by Crippen LogP contribution is 2.24. The van der Waals surface area contributed by atoms with Crippen LogP contribution < -0.4 is 10.1 Å². The number of fused-ring (bicyclic) bond motifs is 1. The van der Waals surface area contributed by atoms with Gasteiger partial charge in [0, 0.05) is 16.6 Å². The summed E-state index contributed by atoms with van der Waals surface area (Å²) in [7, 11) is 0. The van der Waals surface area contributed by atoms with E-state index in [1.54, 1.807) is 0 Å². The van der Waals surface area contributed by atoms with E-state index in [4.69, 9.17) is 4.74 Å². The van der Waals surface area contributed by atoms with Gasteiger partial charge in [0.25, 0.3) is 0 Å². The third-order valence-corrected chi connectivity index (χ3v) is 3.52. The second-order valence-corrected chi connectivity index (χ2v) is 7.13. The first-order valence-corrected chi connectivity index (χ1v) is 7.74. The molecule has 20 heavy (non-hydrogen) atoms. The molecule has 0 aromatic heterocycles. The van der Waals surface area contributed by atoms with Crippen molar-refractivity contribution in [2.45, 2.75) is 39.3 Å². The van der Waals surface area contributed by atoms with Crippen molar-refractivity contribution < 1.29 is 4.74 Å². The van der Waals surface area contributed by atoms with Gasteiger partial charge in [-0.25, -0.2) is 0 Å². The Bertz CT molecular complexity index is 589. The number of rotatable bonds is 4. The molecule has 2 aromatic carbocycles. The maximum Gasteiger partial charge on any atom is 0.120 e. The van der Waals surface area contributed by atoms with Crippen molar-refractivity contribution in [2.75, 3.05) is 6.54 Å². The van der Waals surface area contributed by atoms with E-state index in [1.807, 2.05) is 6.07 Å². The molecule has 0 fully saturated rings. The molecule has 2 nitrogen and oxygen atoms in total. The van der Waals surface area contributed by atoms with Crippen molar-refractivity contribution in [1.82, 2.24) is 5.32 Å². The number of hydrogen-bond donors (Lipinski definition) is 1. The highest BCUT2D eigenvalue weighted by Gasteiger charge is 2.12. The lowest BCUT2D eigenvalue weighted by atomic mass is 10.1. The van der Waals surface area contributed by atoms with Gasteiger partial charge in [-0.05, 0) is 62.7 Å². The zero-order chi connectivity index (χ0) is 14.8. The molecule has 2 rings (SSSR count). The molecule has 108 valence electrons. The summed E-state index contributed by atoms with van der Waals surface area (Å²) < 4.78 is 7.07. The Morgan fingerprint density at radius 3 is 2.45 bits per heavy atom. The third kappa shape index (κ3) is 4.50. The van der Waals surface area contributed by atoms with Crippen molar-refractivity contribution in [1.29, 1.82) is 0 Å². The van der Waals surface area contributed by atoms with Gasteiger partial charge in [-0.2, -0.15) is 0 Å². The van der Waals surface area contributed by atoms with Crippen LogP contribution in [0.15, 0.2) is 40.9 Å². The largest absolute Gasteiger partial charge is 0.489 e. The lowest BCUT2D eigenvalue weighted by molar-refractivity contribution is 0.203. The first kappa shape index (κ1) is 15.3. The zero-order valence-electron chi connectivity index (χ0n) is 12.5. The summed E-state index contributed by atoms with van der Waals surface area (Å²) in [5.74, 6) is 0.919. The third-order valence-electron chi connectivity index (χ3n) is 3.03. The molecule has 0 radical (unpaired) electrons. The van der Waals surface area contributed by atoms with Crippen LogP contribution >= 0.6 is 15.9 Å². The number of halogens is 1. The van der Waals surface area contributed by atoms with E-state index in [-0.39, 0.29) is 11.6 Å². The number of nitrogens with one attached hydrogen (secondary N) is 1. The van der Waals surface area contributed by atoms with Crippen LogP contribution in [0.2, 0.25) is 0 Å². The summed E-state index contributed by atoms with van der Waals surface area (Å²) in [5.41, 5.74) is 0.118. The van der Waals surface area contributed by atoms with Gasteiger partial charge in [0.05, 0.1) is 0 Å². The minimum atomic E-state index is 0.118. The Hall–Kier alpha value is -1.06. The van der Waals surface area contributed by atoms with E-state index in [1.165, 1.54) is 10.8 Å². The van der Waals surface area contributed by atoms with E-state index in [2.05, 4.69) is 79.3 Å². The normalized spacial score (nSPS) is 13.4. The van der Waals surface area contributed by atoms with Crippen molar-refractivity contribution in [3.63, 3.8) is 0 Å². The van der Waals surface area contributed by atoms with Gasteiger partial charge in [-0.3, -0.25) is 0 Å². The van der Waals surface area contributed by atoms with Crippen molar-refractivity contribution in [2.24, 2.45) is 0 Å². The molecule has 1 atom stereocenters. The summed E-state index contributed by atoms with van der Waals surface area (Å²) in [6, 6.07) is 12.5. The summed E-state index contributed by atoms with van der Waals surface area (Å²) in [5, 5.41) is 5.87. The number of hydrogen-bond acceptors (Lipinski definition) is 2. The Kier molecular flexibility index (Phi) is 4.71. The van der Waals surface area contributed by atoms with Crippen LogP contribution in [0.25, 0.3) is 10.8 Å². The standard InChI is InChI=1S/C17H22BrNO/c1-12(11-19-17(2,3)4)20-16-8-6-13-9-15(18)7-5-14(13)10-16/h5-10,12,19H,11H2,1-4H3. The SMILES string of the molecule is CC(CNC(C)(C)C)Oc1ccc2cc(Br)ccc2c1. The topological polar surface area (TPSA) is 21.3 Å². The van der Waals surface area contributed by atoms with Gasteiger partial charge in [0.2, 0.25) is 0 Å². The van der Waals surface area contributed by atoms with E-state index in [9.17, 15) is 0 Å². The summed E-state index contributed by atoms with van der Waals surface area (Å²) in [6.07, 6.45) is 0.141. The minimum Gasteiger partial charge on any atom is -0.489 e. The molecule has 0 saturated carbocycles. The molecule has 0 bridgehead atoms. The maximum atomic E-state index is 5.97. The van der Waals surface area contributed by atoms with E-state index in [0.717, 1.165) is 16.8 Å². The molecule has 0 spiro atoms. The molecular formula is C17H22BrNO. The highest BCUT2D eigenvalue weighted by atomic mass is 79.9. The van der Waals surface area contributed by atoms with Crippen molar-refractivity contribution in [3.8, 4) is 5.75 Å². The molecule has 0 saturated heterocycles. The van der Waals surface area contributed by atoms with Gasteiger partial charge < -0.3 is 10.1 Å². The maximum absolute atomic E-state index is 5.97. The Balaban J connectivity index is 2.04. The van der Waals surface area contributed by atoms with Crippen LogP contribution in [-0.4, -0.2) is 18.2 Å². The van der Waals surface area contributed by atoms with Crippen LogP contribution in [0.3, 0.4) is 0 Å².